The summed E-state index contributed by atoms with van der Waals surface area (Å²) in [5, 5.41) is 6.55. The zero-order valence-electron chi connectivity index (χ0n) is 13.6. The minimum absolute atomic E-state index is 0.228. The van der Waals surface area contributed by atoms with Crippen LogP contribution in [0.5, 0.6) is 0 Å². The van der Waals surface area contributed by atoms with Crippen LogP contribution in [-0.4, -0.2) is 16.0 Å². The summed E-state index contributed by atoms with van der Waals surface area (Å²) in [7, 11) is 0. The number of aromatic nitrogens is 2. The Kier molecular flexibility index (Phi) is 4.59. The Morgan fingerprint density at radius 2 is 2.09 bits per heavy atom. The molecule has 0 bridgehead atoms. The number of hydrogen-bond donors (Lipinski definition) is 1. The Hall–Kier alpha value is -2.38. The predicted octanol–water partition coefficient (Wildman–Crippen LogP) is 4.55. The molecule has 1 N–H and O–H groups in total. The zero-order valence-corrected chi connectivity index (χ0v) is 14.4. The predicted molar refractivity (Wildman–Crippen MR) is 97.9 cm³/mol. The molecule has 3 rings (SSSR count). The van der Waals surface area contributed by atoms with Crippen molar-refractivity contribution in [3.63, 3.8) is 0 Å². The van der Waals surface area contributed by atoms with Crippen molar-refractivity contribution in [2.24, 2.45) is 0 Å². The van der Waals surface area contributed by atoms with E-state index in [1.54, 1.807) is 17.7 Å². The second-order valence-electron chi connectivity index (χ2n) is 5.73. The Labute approximate surface area is 140 Å². The van der Waals surface area contributed by atoms with Gasteiger partial charge in [0.1, 0.15) is 17.0 Å². The lowest BCUT2D eigenvalue weighted by Gasteiger charge is -2.11. The van der Waals surface area contributed by atoms with E-state index < -0.39 is 0 Å². The van der Waals surface area contributed by atoms with E-state index in [0.29, 0.717) is 0 Å². The summed E-state index contributed by atoms with van der Waals surface area (Å²) in [5.74, 6) is 7.43. The van der Waals surface area contributed by atoms with Crippen LogP contribution < -0.4 is 5.32 Å². The summed E-state index contributed by atoms with van der Waals surface area (Å²) in [6.07, 6.45) is 2.37. The number of thiophene rings is 1. The van der Waals surface area contributed by atoms with Crippen LogP contribution in [0.3, 0.4) is 0 Å². The van der Waals surface area contributed by atoms with E-state index in [-0.39, 0.29) is 6.04 Å². The first-order chi connectivity index (χ1) is 11.1. The van der Waals surface area contributed by atoms with E-state index in [1.807, 2.05) is 5.38 Å². The van der Waals surface area contributed by atoms with Gasteiger partial charge in [-0.1, -0.05) is 29.5 Å². The Morgan fingerprint density at radius 1 is 1.22 bits per heavy atom. The highest BCUT2D eigenvalue weighted by molar-refractivity contribution is 7.16. The SMILES string of the molecule is Cc1ccc(C#CCC(C)Nc2ncnc3sccc23)c(C)c1. The van der Waals surface area contributed by atoms with Crippen LogP contribution in [0.2, 0.25) is 0 Å². The molecule has 2 aromatic heterocycles. The number of anilines is 1. The van der Waals surface area contributed by atoms with Gasteiger partial charge in [0, 0.05) is 18.0 Å². The fraction of sp³-hybridized carbons (Fsp3) is 0.263. The normalized spacial score (nSPS) is 11.8. The molecule has 4 heteroatoms. The maximum Gasteiger partial charge on any atom is 0.138 e. The lowest BCUT2D eigenvalue weighted by atomic mass is 10.1. The molecular formula is C19H19N3S. The largest absolute Gasteiger partial charge is 0.366 e. The summed E-state index contributed by atoms with van der Waals surface area (Å²) in [4.78, 5) is 9.62. The van der Waals surface area contributed by atoms with Crippen molar-refractivity contribution >= 4 is 27.4 Å². The van der Waals surface area contributed by atoms with E-state index in [9.17, 15) is 0 Å². The molecule has 0 aliphatic heterocycles. The van der Waals surface area contributed by atoms with Crippen LogP contribution >= 0.6 is 11.3 Å². The summed E-state index contributed by atoms with van der Waals surface area (Å²) >= 11 is 1.63. The number of benzene rings is 1. The molecule has 0 spiro atoms. The maximum absolute atomic E-state index is 4.35. The Morgan fingerprint density at radius 3 is 2.91 bits per heavy atom. The van der Waals surface area contributed by atoms with Gasteiger partial charge < -0.3 is 5.32 Å². The number of nitrogens with zero attached hydrogens (tertiary/aromatic N) is 2. The lowest BCUT2D eigenvalue weighted by molar-refractivity contribution is 0.822. The molecule has 3 nitrogen and oxygen atoms in total. The molecule has 0 saturated carbocycles. The van der Waals surface area contributed by atoms with Gasteiger partial charge in [-0.3, -0.25) is 0 Å². The van der Waals surface area contributed by atoms with Gasteiger partial charge in [-0.15, -0.1) is 11.3 Å². The van der Waals surface area contributed by atoms with E-state index in [4.69, 9.17) is 0 Å². The molecule has 0 aliphatic carbocycles. The van der Waals surface area contributed by atoms with Crippen molar-refractivity contribution in [2.75, 3.05) is 5.32 Å². The molecule has 0 radical (unpaired) electrons. The highest BCUT2D eigenvalue weighted by Crippen LogP contribution is 2.24. The van der Waals surface area contributed by atoms with Gasteiger partial charge in [0.15, 0.2) is 0 Å². The molecule has 1 atom stereocenters. The van der Waals surface area contributed by atoms with E-state index in [2.05, 4.69) is 72.2 Å². The molecule has 1 aromatic carbocycles. The molecule has 23 heavy (non-hydrogen) atoms. The second-order valence-corrected chi connectivity index (χ2v) is 6.63. The van der Waals surface area contributed by atoms with Crippen LogP contribution in [0.15, 0.2) is 36.0 Å². The quantitative estimate of drug-likeness (QED) is 0.719. The summed E-state index contributed by atoms with van der Waals surface area (Å²) in [5.41, 5.74) is 3.60. The Balaban J connectivity index is 1.67. The third kappa shape index (κ3) is 3.69. The molecule has 0 aliphatic rings. The van der Waals surface area contributed by atoms with Crippen LogP contribution in [0.25, 0.3) is 10.2 Å². The standard InChI is InChI=1S/C19H19N3S/c1-13-7-8-16(14(2)11-13)6-4-5-15(3)22-18-17-9-10-23-19(17)21-12-20-18/h7-12,15H,5H2,1-3H3,(H,20,21,22). The lowest BCUT2D eigenvalue weighted by Crippen LogP contribution is -2.15. The molecule has 2 heterocycles. The average Bonchev–Trinajstić information content (AvgIpc) is 2.99. The van der Waals surface area contributed by atoms with Gasteiger partial charge in [0.2, 0.25) is 0 Å². The maximum atomic E-state index is 4.35. The van der Waals surface area contributed by atoms with Gasteiger partial charge >= 0.3 is 0 Å². The first-order valence-corrected chi connectivity index (χ1v) is 8.52. The van der Waals surface area contributed by atoms with Crippen LogP contribution in [-0.2, 0) is 0 Å². The van der Waals surface area contributed by atoms with Crippen LogP contribution in [0, 0.1) is 25.7 Å². The first kappa shape index (κ1) is 15.5. The smallest absolute Gasteiger partial charge is 0.138 e. The van der Waals surface area contributed by atoms with Gasteiger partial charge in [0.05, 0.1) is 5.39 Å². The van der Waals surface area contributed by atoms with E-state index in [1.165, 1.54) is 11.1 Å². The zero-order chi connectivity index (χ0) is 16.2. The molecule has 0 fully saturated rings. The molecule has 0 saturated heterocycles. The van der Waals surface area contributed by atoms with Crippen molar-refractivity contribution in [1.29, 1.82) is 0 Å². The molecule has 0 amide bonds. The van der Waals surface area contributed by atoms with Crippen molar-refractivity contribution in [1.82, 2.24) is 9.97 Å². The Bertz CT molecular complexity index is 886. The number of nitrogens with one attached hydrogen (secondary N) is 1. The first-order valence-electron chi connectivity index (χ1n) is 7.64. The van der Waals surface area contributed by atoms with Gasteiger partial charge in [-0.2, -0.15) is 0 Å². The summed E-state index contributed by atoms with van der Waals surface area (Å²) in [6, 6.07) is 8.64. The van der Waals surface area contributed by atoms with Crippen molar-refractivity contribution in [2.45, 2.75) is 33.2 Å². The van der Waals surface area contributed by atoms with Crippen molar-refractivity contribution in [3.8, 4) is 11.8 Å². The monoisotopic (exact) mass is 321 g/mol. The van der Waals surface area contributed by atoms with Gasteiger partial charge in [-0.25, -0.2) is 9.97 Å². The van der Waals surface area contributed by atoms with Gasteiger partial charge in [0.25, 0.3) is 0 Å². The summed E-state index contributed by atoms with van der Waals surface area (Å²) < 4.78 is 0. The van der Waals surface area contributed by atoms with Gasteiger partial charge in [-0.05, 0) is 43.8 Å². The topological polar surface area (TPSA) is 37.8 Å². The molecule has 1 unspecified atom stereocenters. The van der Waals surface area contributed by atoms with E-state index >= 15 is 0 Å². The highest BCUT2D eigenvalue weighted by atomic mass is 32.1. The fourth-order valence-corrected chi connectivity index (χ4v) is 3.18. The minimum Gasteiger partial charge on any atom is -0.366 e. The number of fused-ring (bicyclic) bond motifs is 1. The van der Waals surface area contributed by atoms with Crippen molar-refractivity contribution < 1.29 is 0 Å². The highest BCUT2D eigenvalue weighted by Gasteiger charge is 2.07. The fourth-order valence-electron chi connectivity index (χ4n) is 2.44. The van der Waals surface area contributed by atoms with Crippen LogP contribution in [0.4, 0.5) is 5.82 Å². The molecule has 116 valence electrons. The van der Waals surface area contributed by atoms with E-state index in [0.717, 1.165) is 28.0 Å². The second kappa shape index (κ2) is 6.80. The third-order valence-electron chi connectivity index (χ3n) is 3.66. The number of hydrogen-bond acceptors (Lipinski definition) is 4. The minimum atomic E-state index is 0.228. The molecular weight excluding hydrogens is 302 g/mol. The summed E-state index contributed by atoms with van der Waals surface area (Å²) in [6.45, 7) is 6.33. The average molecular weight is 321 g/mol. The third-order valence-corrected chi connectivity index (χ3v) is 4.48. The number of aryl methyl sites for hydroxylation is 2. The molecule has 3 aromatic rings. The van der Waals surface area contributed by atoms with Crippen LogP contribution in [0.1, 0.15) is 30.0 Å². The van der Waals surface area contributed by atoms with Crippen molar-refractivity contribution in [3.05, 3.63) is 52.7 Å². The number of rotatable bonds is 3.